The molecule has 13 heteroatoms. The number of carbonyl (C=O) groups excluding carboxylic acids is 1. The molecule has 244 valence electrons. The molecule has 3 aliphatic heterocycles. The standard InChI is InChI=1S/C33H42N8O5/c1-20(2)31(33(44)40-10-8-24(42)18-40)29-13-21(38-46-29)19-45-30-14-22(7-9-36-30)39-11-12-41-23(17-39)16-37-32(35)27(41)15-26(34)25-5-3-4-6-28(25)43/h3-7,9,13-15,20,23-24,31,37,42-43H,8,10-12,16-19,34-35H2,1-2H3/b26-15-. The molecule has 3 aromatic rings. The third kappa shape index (κ3) is 6.54. The normalized spacial score (nSPS) is 21.0. The Kier molecular flexibility index (Phi) is 8.93. The molecular formula is C33H42N8O5. The van der Waals surface area contributed by atoms with Crippen LogP contribution < -0.4 is 26.4 Å². The molecule has 0 radical (unpaired) electrons. The molecule has 0 spiro atoms. The predicted octanol–water partition coefficient (Wildman–Crippen LogP) is 1.91. The summed E-state index contributed by atoms with van der Waals surface area (Å²) in [6, 6.07) is 12.8. The number of phenolic OH excluding ortho intramolecular Hbond substituents is 1. The van der Waals surface area contributed by atoms with E-state index in [1.54, 1.807) is 35.4 Å². The van der Waals surface area contributed by atoms with Crippen LogP contribution in [0.25, 0.3) is 5.70 Å². The summed E-state index contributed by atoms with van der Waals surface area (Å²) in [4.78, 5) is 23.8. The lowest BCUT2D eigenvalue weighted by atomic mass is 9.91. The number of likely N-dealkylation sites (tertiary alicyclic amines) is 1. The number of nitrogens with zero attached hydrogens (tertiary/aromatic N) is 5. The number of hydrogen-bond donors (Lipinski definition) is 5. The number of anilines is 1. The summed E-state index contributed by atoms with van der Waals surface area (Å²) in [6.07, 6.45) is 3.66. The van der Waals surface area contributed by atoms with E-state index in [-0.39, 0.29) is 30.2 Å². The van der Waals surface area contributed by atoms with Crippen molar-refractivity contribution in [1.82, 2.24) is 25.3 Å². The number of fused-ring (bicyclic) bond motifs is 1. The molecule has 3 aliphatic rings. The molecule has 2 fully saturated rings. The average molecular weight is 631 g/mol. The lowest BCUT2D eigenvalue weighted by Crippen LogP contribution is -2.59. The number of rotatable bonds is 9. The molecule has 46 heavy (non-hydrogen) atoms. The van der Waals surface area contributed by atoms with Crippen molar-refractivity contribution in [3.63, 3.8) is 0 Å². The second-order valence-corrected chi connectivity index (χ2v) is 12.4. The van der Waals surface area contributed by atoms with Gasteiger partial charge in [0, 0.05) is 74.5 Å². The minimum absolute atomic E-state index is 0.00112. The van der Waals surface area contributed by atoms with E-state index in [0.717, 1.165) is 31.0 Å². The predicted molar refractivity (Wildman–Crippen MR) is 172 cm³/mol. The van der Waals surface area contributed by atoms with Crippen LogP contribution in [0.2, 0.25) is 0 Å². The Morgan fingerprint density at radius 1 is 1.20 bits per heavy atom. The van der Waals surface area contributed by atoms with Gasteiger partial charge in [0.15, 0.2) is 0 Å². The number of aliphatic hydroxyl groups excluding tert-OH is 1. The van der Waals surface area contributed by atoms with Gasteiger partial charge < -0.3 is 51.0 Å². The van der Waals surface area contributed by atoms with E-state index < -0.39 is 12.0 Å². The Bertz CT molecular complexity index is 1620. The van der Waals surface area contributed by atoms with Crippen LogP contribution in [-0.2, 0) is 11.4 Å². The molecule has 2 aromatic heterocycles. The largest absolute Gasteiger partial charge is 0.507 e. The van der Waals surface area contributed by atoms with E-state index in [0.29, 0.717) is 60.5 Å². The lowest BCUT2D eigenvalue weighted by Gasteiger charge is -2.47. The van der Waals surface area contributed by atoms with E-state index in [4.69, 9.17) is 20.7 Å². The van der Waals surface area contributed by atoms with Crippen molar-refractivity contribution in [2.45, 2.75) is 44.9 Å². The molecule has 5 heterocycles. The Morgan fingerprint density at radius 2 is 2.02 bits per heavy atom. The van der Waals surface area contributed by atoms with E-state index in [9.17, 15) is 15.0 Å². The number of aromatic nitrogens is 2. The molecule has 7 N–H and O–H groups in total. The molecule has 1 aromatic carbocycles. The van der Waals surface area contributed by atoms with E-state index in [1.807, 2.05) is 38.1 Å². The minimum atomic E-state index is -0.482. The van der Waals surface area contributed by atoms with Gasteiger partial charge in [0.1, 0.15) is 35.5 Å². The quantitative estimate of drug-likeness (QED) is 0.232. The van der Waals surface area contributed by atoms with Gasteiger partial charge in [-0.15, -0.1) is 0 Å². The highest BCUT2D eigenvalue weighted by Gasteiger charge is 2.35. The van der Waals surface area contributed by atoms with E-state index >= 15 is 0 Å². The van der Waals surface area contributed by atoms with Crippen LogP contribution in [0.1, 0.15) is 43.2 Å². The number of aromatic hydroxyl groups is 1. The fraction of sp³-hybridized carbons (Fsp3) is 0.424. The molecule has 0 saturated carbocycles. The summed E-state index contributed by atoms with van der Waals surface area (Å²) >= 11 is 0. The Labute approximate surface area is 268 Å². The fourth-order valence-corrected chi connectivity index (χ4v) is 6.40. The van der Waals surface area contributed by atoms with Gasteiger partial charge in [-0.25, -0.2) is 4.98 Å². The monoisotopic (exact) mass is 630 g/mol. The zero-order chi connectivity index (χ0) is 32.4. The highest BCUT2D eigenvalue weighted by Crippen LogP contribution is 2.31. The van der Waals surface area contributed by atoms with Gasteiger partial charge in [-0.3, -0.25) is 4.79 Å². The fourth-order valence-electron chi connectivity index (χ4n) is 6.40. The van der Waals surface area contributed by atoms with Gasteiger partial charge in [-0.05, 0) is 36.6 Å². The van der Waals surface area contributed by atoms with Crippen molar-refractivity contribution >= 4 is 17.3 Å². The molecule has 13 nitrogen and oxygen atoms in total. The number of ether oxygens (including phenoxy) is 1. The van der Waals surface area contributed by atoms with Crippen LogP contribution in [0, 0.1) is 5.92 Å². The number of β-amino-alcohol motifs (C(OH)–C–C–N with tert-alkyl or cyclic N) is 1. The van der Waals surface area contributed by atoms with Crippen LogP contribution in [0.3, 0.4) is 0 Å². The molecule has 3 unspecified atom stereocenters. The molecule has 1 amide bonds. The molecule has 6 rings (SSSR count). The number of piperazine rings is 1. The second-order valence-electron chi connectivity index (χ2n) is 12.4. The summed E-state index contributed by atoms with van der Waals surface area (Å²) in [5.74, 6) is 1.08. The van der Waals surface area contributed by atoms with Gasteiger partial charge >= 0.3 is 0 Å². The number of para-hydroxylation sites is 1. The number of carbonyl (C=O) groups is 1. The third-order valence-corrected chi connectivity index (χ3v) is 8.85. The molecule has 0 bridgehead atoms. The summed E-state index contributed by atoms with van der Waals surface area (Å²) in [5.41, 5.74) is 16.1. The number of nitrogens with two attached hydrogens (primary N) is 2. The smallest absolute Gasteiger partial charge is 0.233 e. The lowest BCUT2D eigenvalue weighted by molar-refractivity contribution is -0.133. The number of aliphatic hydroxyl groups is 1. The number of allylic oxidation sites excluding steroid dienone is 1. The molecular weight excluding hydrogens is 588 g/mol. The van der Waals surface area contributed by atoms with Crippen molar-refractivity contribution < 1.29 is 24.3 Å². The maximum atomic E-state index is 13.2. The maximum absolute atomic E-state index is 13.2. The highest BCUT2D eigenvalue weighted by atomic mass is 16.5. The first kappa shape index (κ1) is 31.1. The van der Waals surface area contributed by atoms with Crippen molar-refractivity contribution in [3.05, 3.63) is 83.3 Å². The summed E-state index contributed by atoms with van der Waals surface area (Å²) in [5, 5.41) is 27.6. The second kappa shape index (κ2) is 13.2. The summed E-state index contributed by atoms with van der Waals surface area (Å²) in [6.45, 7) is 7.85. The Balaban J connectivity index is 1.09. The van der Waals surface area contributed by atoms with Crippen LogP contribution in [0.15, 0.2) is 70.8 Å². The topological polar surface area (TPSA) is 179 Å². The maximum Gasteiger partial charge on any atom is 0.233 e. The zero-order valence-corrected chi connectivity index (χ0v) is 26.2. The van der Waals surface area contributed by atoms with Gasteiger partial charge in [-0.2, -0.15) is 0 Å². The first-order chi connectivity index (χ1) is 22.2. The summed E-state index contributed by atoms with van der Waals surface area (Å²) < 4.78 is 11.6. The molecule has 2 saturated heterocycles. The first-order valence-electron chi connectivity index (χ1n) is 15.7. The molecule has 3 atom stereocenters. The number of phenols is 1. The van der Waals surface area contributed by atoms with Gasteiger partial charge in [0.25, 0.3) is 0 Å². The van der Waals surface area contributed by atoms with Crippen LogP contribution in [0.5, 0.6) is 11.6 Å². The first-order valence-corrected chi connectivity index (χ1v) is 15.7. The van der Waals surface area contributed by atoms with Gasteiger partial charge in [0.05, 0.1) is 17.8 Å². The van der Waals surface area contributed by atoms with E-state index in [2.05, 4.69) is 25.3 Å². The van der Waals surface area contributed by atoms with Crippen LogP contribution >= 0.6 is 0 Å². The van der Waals surface area contributed by atoms with Crippen LogP contribution in [-0.4, -0.2) is 87.5 Å². The Hall–Kier alpha value is -4.91. The van der Waals surface area contributed by atoms with Gasteiger partial charge in [0.2, 0.25) is 11.8 Å². The number of nitrogens with one attached hydrogen (secondary N) is 1. The highest BCUT2D eigenvalue weighted by molar-refractivity contribution is 5.83. The van der Waals surface area contributed by atoms with Crippen molar-refractivity contribution in [1.29, 1.82) is 0 Å². The minimum Gasteiger partial charge on any atom is -0.507 e. The number of hydrogen-bond acceptors (Lipinski definition) is 12. The SMILES string of the molecule is CC(C)C(C(=O)N1CCC(O)C1)c1cc(COc2cc(N3CCN4C(/C=C(\N)c5ccccc5O)=C(N)NCC4C3)ccn2)no1. The summed E-state index contributed by atoms with van der Waals surface area (Å²) in [7, 11) is 0. The van der Waals surface area contributed by atoms with Gasteiger partial charge in [-0.1, -0.05) is 31.1 Å². The van der Waals surface area contributed by atoms with Crippen molar-refractivity contribution in [2.75, 3.05) is 44.2 Å². The third-order valence-electron chi connectivity index (χ3n) is 8.85. The van der Waals surface area contributed by atoms with Crippen molar-refractivity contribution in [3.8, 4) is 11.6 Å². The van der Waals surface area contributed by atoms with Crippen LogP contribution in [0.4, 0.5) is 5.69 Å². The van der Waals surface area contributed by atoms with E-state index in [1.165, 1.54) is 0 Å². The molecule has 0 aliphatic carbocycles. The number of amides is 1. The average Bonchev–Trinajstić information content (AvgIpc) is 3.70. The van der Waals surface area contributed by atoms with Crippen molar-refractivity contribution in [2.24, 2.45) is 17.4 Å². The number of benzene rings is 1. The zero-order valence-electron chi connectivity index (χ0n) is 26.2. The number of pyridine rings is 1. The Morgan fingerprint density at radius 3 is 2.78 bits per heavy atom.